The average molecular weight is 462 g/mol. The summed E-state index contributed by atoms with van der Waals surface area (Å²) in [5.41, 5.74) is 2.38. The van der Waals surface area contributed by atoms with E-state index >= 15 is 0 Å². The molecule has 0 saturated carbocycles. The minimum atomic E-state index is -3.78. The number of hydrogen-bond donors (Lipinski definition) is 1. The van der Waals surface area contributed by atoms with E-state index in [2.05, 4.69) is 5.32 Å². The van der Waals surface area contributed by atoms with Crippen LogP contribution in [0.5, 0.6) is 0 Å². The fourth-order valence-corrected chi connectivity index (χ4v) is 4.91. The largest absolute Gasteiger partial charge is 0.348 e. The van der Waals surface area contributed by atoms with Crippen LogP contribution in [0.3, 0.4) is 0 Å². The molecule has 150 valence electrons. The molecular formula is C19H19Cl3N2O3S. The highest BCUT2D eigenvalue weighted by molar-refractivity contribution is 7.92. The average Bonchev–Trinajstić information content (AvgIpc) is 2.62. The van der Waals surface area contributed by atoms with Gasteiger partial charge in [-0.1, -0.05) is 59.1 Å². The number of aryl methyl sites for hydroxylation is 1. The topological polar surface area (TPSA) is 66.5 Å². The molecule has 3 rings (SSSR count). The fraction of sp³-hybridized carbons (Fsp3) is 0.316. The van der Waals surface area contributed by atoms with Gasteiger partial charge in [0.1, 0.15) is 6.54 Å². The van der Waals surface area contributed by atoms with Crippen LogP contribution in [0.15, 0.2) is 36.4 Å². The number of amides is 1. The van der Waals surface area contributed by atoms with Gasteiger partial charge in [0.05, 0.1) is 33.1 Å². The van der Waals surface area contributed by atoms with Crippen molar-refractivity contribution in [2.75, 3.05) is 17.1 Å². The van der Waals surface area contributed by atoms with Crippen LogP contribution in [0.2, 0.25) is 15.1 Å². The minimum absolute atomic E-state index is 0.0932. The molecule has 1 amide bonds. The molecule has 0 fully saturated rings. The van der Waals surface area contributed by atoms with Crippen molar-refractivity contribution in [2.24, 2.45) is 0 Å². The van der Waals surface area contributed by atoms with E-state index in [1.165, 1.54) is 17.7 Å². The highest BCUT2D eigenvalue weighted by atomic mass is 35.5. The van der Waals surface area contributed by atoms with Crippen LogP contribution in [0.4, 0.5) is 5.69 Å². The van der Waals surface area contributed by atoms with Gasteiger partial charge in [0, 0.05) is 0 Å². The molecule has 1 N–H and O–H groups in total. The molecule has 28 heavy (non-hydrogen) atoms. The molecule has 0 aromatic heterocycles. The van der Waals surface area contributed by atoms with Crippen molar-refractivity contribution < 1.29 is 13.2 Å². The van der Waals surface area contributed by atoms with E-state index < -0.39 is 22.5 Å². The number of hydrogen-bond acceptors (Lipinski definition) is 3. The summed E-state index contributed by atoms with van der Waals surface area (Å²) in [5, 5.41) is 3.39. The first-order valence-corrected chi connectivity index (χ1v) is 11.6. The second-order valence-electron chi connectivity index (χ2n) is 6.70. The van der Waals surface area contributed by atoms with Gasteiger partial charge in [-0.15, -0.1) is 0 Å². The summed E-state index contributed by atoms with van der Waals surface area (Å²) < 4.78 is 25.6. The maximum Gasteiger partial charge on any atom is 0.241 e. The molecule has 0 saturated heterocycles. The van der Waals surface area contributed by atoms with Crippen molar-refractivity contribution >= 4 is 56.4 Å². The molecule has 9 heteroatoms. The van der Waals surface area contributed by atoms with Crippen molar-refractivity contribution in [1.29, 1.82) is 0 Å². The number of sulfonamides is 1. The maximum atomic E-state index is 12.7. The molecule has 0 heterocycles. The SMILES string of the molecule is CS(=O)(=O)N(CC(=O)N[C@H]1CCCc2ccccc21)c1cc(Cl)c(Cl)cc1Cl. The number of halogens is 3. The smallest absolute Gasteiger partial charge is 0.241 e. The molecule has 1 atom stereocenters. The summed E-state index contributed by atoms with van der Waals surface area (Å²) in [6.45, 7) is -0.408. The van der Waals surface area contributed by atoms with Crippen LogP contribution in [0.1, 0.15) is 30.0 Å². The first kappa shape index (κ1) is 21.2. The molecule has 0 radical (unpaired) electrons. The monoisotopic (exact) mass is 460 g/mol. The lowest BCUT2D eigenvalue weighted by Gasteiger charge is -2.28. The maximum absolute atomic E-state index is 12.7. The van der Waals surface area contributed by atoms with Crippen molar-refractivity contribution in [1.82, 2.24) is 5.32 Å². The lowest BCUT2D eigenvalue weighted by atomic mass is 9.88. The quantitative estimate of drug-likeness (QED) is 0.661. The third-order valence-electron chi connectivity index (χ3n) is 4.65. The molecule has 2 aromatic carbocycles. The third-order valence-corrected chi connectivity index (χ3v) is 6.80. The normalized spacial score (nSPS) is 16.4. The molecule has 2 aromatic rings. The number of nitrogens with one attached hydrogen (secondary N) is 1. The van der Waals surface area contributed by atoms with Crippen molar-refractivity contribution in [2.45, 2.75) is 25.3 Å². The molecule has 5 nitrogen and oxygen atoms in total. The van der Waals surface area contributed by atoms with E-state index in [0.717, 1.165) is 35.4 Å². The van der Waals surface area contributed by atoms with Gasteiger partial charge in [-0.3, -0.25) is 9.10 Å². The van der Waals surface area contributed by atoms with Crippen LogP contribution >= 0.6 is 34.8 Å². The zero-order chi connectivity index (χ0) is 20.5. The van der Waals surface area contributed by atoms with Crippen LogP contribution in [-0.2, 0) is 21.2 Å². The Balaban J connectivity index is 1.83. The standard InChI is InChI=1S/C19H19Cl3N2O3S/c1-28(26,27)24(18-10-15(21)14(20)9-16(18)22)11-19(25)23-17-8-4-6-12-5-2-3-7-13(12)17/h2-3,5,7,9-10,17H,4,6,8,11H2,1H3,(H,23,25)/t17-/m0/s1. The van der Waals surface area contributed by atoms with E-state index in [0.29, 0.717) is 0 Å². The number of benzene rings is 2. The summed E-state index contributed by atoms with van der Waals surface area (Å²) in [6.07, 6.45) is 3.73. The Morgan fingerprint density at radius 2 is 1.82 bits per heavy atom. The van der Waals surface area contributed by atoms with Gasteiger partial charge < -0.3 is 5.32 Å². The second-order valence-corrected chi connectivity index (χ2v) is 9.83. The summed E-state index contributed by atoms with van der Waals surface area (Å²) in [7, 11) is -3.78. The fourth-order valence-electron chi connectivity index (χ4n) is 3.36. The molecule has 0 aliphatic heterocycles. The van der Waals surface area contributed by atoms with Gasteiger partial charge in [0.2, 0.25) is 15.9 Å². The van der Waals surface area contributed by atoms with Gasteiger partial charge >= 0.3 is 0 Å². The van der Waals surface area contributed by atoms with E-state index in [4.69, 9.17) is 34.8 Å². The molecular weight excluding hydrogens is 443 g/mol. The molecule has 0 spiro atoms. The summed E-state index contributed by atoms with van der Waals surface area (Å²) in [4.78, 5) is 12.7. The van der Waals surface area contributed by atoms with Crippen molar-refractivity contribution in [3.05, 3.63) is 62.6 Å². The van der Waals surface area contributed by atoms with Crippen molar-refractivity contribution in [3.63, 3.8) is 0 Å². The van der Waals surface area contributed by atoms with E-state index in [1.807, 2.05) is 24.3 Å². The number of anilines is 1. The van der Waals surface area contributed by atoms with E-state index in [9.17, 15) is 13.2 Å². The van der Waals surface area contributed by atoms with Crippen LogP contribution in [0.25, 0.3) is 0 Å². The Kier molecular flexibility index (Phi) is 6.44. The Morgan fingerprint density at radius 3 is 2.54 bits per heavy atom. The first-order chi connectivity index (χ1) is 13.2. The zero-order valence-corrected chi connectivity index (χ0v) is 18.2. The molecule has 1 aliphatic carbocycles. The summed E-state index contributed by atoms with van der Waals surface area (Å²) in [6, 6.07) is 10.5. The Labute approximate surface area is 179 Å². The predicted octanol–water partition coefficient (Wildman–Crippen LogP) is 4.61. The summed E-state index contributed by atoms with van der Waals surface area (Å²) >= 11 is 18.1. The van der Waals surface area contributed by atoms with E-state index in [1.54, 1.807) is 0 Å². The lowest BCUT2D eigenvalue weighted by Crippen LogP contribution is -2.42. The van der Waals surface area contributed by atoms with Gasteiger partial charge in [0.25, 0.3) is 0 Å². The predicted molar refractivity (Wildman–Crippen MR) is 114 cm³/mol. The van der Waals surface area contributed by atoms with Crippen LogP contribution in [-0.4, -0.2) is 27.1 Å². The Bertz CT molecular complexity index is 1010. The Morgan fingerprint density at radius 1 is 1.14 bits per heavy atom. The zero-order valence-electron chi connectivity index (χ0n) is 15.1. The third kappa shape index (κ3) is 4.74. The first-order valence-electron chi connectivity index (χ1n) is 8.66. The lowest BCUT2D eigenvalue weighted by molar-refractivity contribution is -0.120. The van der Waals surface area contributed by atoms with Crippen LogP contribution < -0.4 is 9.62 Å². The second kappa shape index (κ2) is 8.49. The number of carbonyl (C=O) groups is 1. The number of nitrogens with zero attached hydrogens (tertiary/aromatic N) is 1. The molecule has 0 bridgehead atoms. The number of fused-ring (bicyclic) bond motifs is 1. The van der Waals surface area contributed by atoms with Crippen molar-refractivity contribution in [3.8, 4) is 0 Å². The molecule has 0 unspecified atom stereocenters. The minimum Gasteiger partial charge on any atom is -0.348 e. The van der Waals surface area contributed by atoms with Gasteiger partial charge in [-0.2, -0.15) is 0 Å². The van der Waals surface area contributed by atoms with Crippen LogP contribution in [0, 0.1) is 0 Å². The van der Waals surface area contributed by atoms with Gasteiger partial charge in [-0.05, 0) is 42.5 Å². The number of carbonyl (C=O) groups excluding carboxylic acids is 1. The summed E-state index contributed by atoms with van der Waals surface area (Å²) in [5.74, 6) is -0.422. The Hall–Kier alpha value is -1.47. The van der Waals surface area contributed by atoms with Gasteiger partial charge in [-0.25, -0.2) is 8.42 Å². The van der Waals surface area contributed by atoms with E-state index in [-0.39, 0.29) is 26.8 Å². The highest BCUT2D eigenvalue weighted by Crippen LogP contribution is 2.35. The number of rotatable bonds is 5. The van der Waals surface area contributed by atoms with Gasteiger partial charge in [0.15, 0.2) is 0 Å². The molecule has 1 aliphatic rings. The highest BCUT2D eigenvalue weighted by Gasteiger charge is 2.27.